The Morgan fingerprint density at radius 2 is 2.23 bits per heavy atom. The van der Waals surface area contributed by atoms with E-state index in [1.54, 1.807) is 17.3 Å². The molecule has 22 heavy (non-hydrogen) atoms. The molecular weight excluding hydrogens is 294 g/mol. The third kappa shape index (κ3) is 3.25. The van der Waals surface area contributed by atoms with Crippen molar-refractivity contribution in [3.8, 4) is 0 Å². The second-order valence-electron chi connectivity index (χ2n) is 5.53. The second-order valence-corrected chi connectivity index (χ2v) is 7.18. The summed E-state index contributed by atoms with van der Waals surface area (Å²) in [7, 11) is 0. The lowest BCUT2D eigenvalue weighted by Crippen LogP contribution is -2.33. The largest absolute Gasteiger partial charge is 0.326 e. The van der Waals surface area contributed by atoms with Gasteiger partial charge in [0, 0.05) is 28.6 Å². The maximum Gasteiger partial charge on any atom is 0.326 e. The van der Waals surface area contributed by atoms with Crippen LogP contribution in [0.15, 0.2) is 47.6 Å². The van der Waals surface area contributed by atoms with E-state index in [1.807, 2.05) is 23.9 Å². The summed E-state index contributed by atoms with van der Waals surface area (Å²) in [5.41, 5.74) is 2.97. The summed E-state index contributed by atoms with van der Waals surface area (Å²) in [4.78, 5) is 19.5. The minimum Gasteiger partial charge on any atom is -0.306 e. The number of benzene rings is 1. The average Bonchev–Trinajstić information content (AvgIpc) is 2.91. The molecule has 1 N–H and O–H groups in total. The van der Waals surface area contributed by atoms with E-state index in [0.717, 1.165) is 18.7 Å². The van der Waals surface area contributed by atoms with Gasteiger partial charge < -0.3 is 5.32 Å². The summed E-state index contributed by atoms with van der Waals surface area (Å²) >= 11 is 1.85. The molecule has 2 aromatic rings. The Hall–Kier alpha value is -2.01. The zero-order chi connectivity index (χ0) is 15.5. The lowest BCUT2D eigenvalue weighted by Gasteiger charge is -2.18. The molecule has 0 saturated carbocycles. The number of nitrogens with zero attached hydrogens (tertiary/aromatic N) is 2. The Balaban J connectivity index is 1.75. The molecule has 2 heterocycles. The molecule has 1 aromatic carbocycles. The molecule has 0 aliphatic carbocycles. The first-order valence-corrected chi connectivity index (χ1v) is 8.29. The summed E-state index contributed by atoms with van der Waals surface area (Å²) in [5, 5.41) is 3.45. The Labute approximate surface area is 134 Å². The third-order valence-corrected chi connectivity index (χ3v) is 4.47. The van der Waals surface area contributed by atoms with Crippen LogP contribution in [0.3, 0.4) is 0 Å². The molecule has 3 rings (SSSR count). The fourth-order valence-corrected chi connectivity index (χ4v) is 3.46. The van der Waals surface area contributed by atoms with Gasteiger partial charge in [-0.3, -0.25) is 9.88 Å². The number of amides is 2. The first-order chi connectivity index (χ1) is 10.6. The zero-order valence-corrected chi connectivity index (χ0v) is 13.6. The Morgan fingerprint density at radius 1 is 1.36 bits per heavy atom. The molecule has 1 aromatic heterocycles. The van der Waals surface area contributed by atoms with Gasteiger partial charge in [-0.05, 0) is 42.3 Å². The zero-order valence-electron chi connectivity index (χ0n) is 12.7. The van der Waals surface area contributed by atoms with Gasteiger partial charge >= 0.3 is 6.03 Å². The summed E-state index contributed by atoms with van der Waals surface area (Å²) in [6.07, 6.45) is 4.24. The van der Waals surface area contributed by atoms with Gasteiger partial charge in [-0.15, -0.1) is 11.8 Å². The maximum atomic E-state index is 12.4. The molecule has 4 nitrogen and oxygen atoms in total. The van der Waals surface area contributed by atoms with E-state index >= 15 is 0 Å². The van der Waals surface area contributed by atoms with E-state index in [2.05, 4.69) is 42.3 Å². The number of carbonyl (C=O) groups is 1. The van der Waals surface area contributed by atoms with Crippen molar-refractivity contribution < 1.29 is 4.79 Å². The Morgan fingerprint density at radius 3 is 2.95 bits per heavy atom. The number of nitrogens with one attached hydrogen (secondary N) is 1. The number of fused-ring (bicyclic) bond motifs is 1. The number of thioether (sulfide) groups is 1. The average molecular weight is 313 g/mol. The standard InChI is InChI=1S/C17H19N3OS/c1-12(2)22-15-5-6-16-13(10-15)7-9-20(16)17(21)19-14-4-3-8-18-11-14/h3-6,8,10-12H,7,9H2,1-2H3,(H,19,21). The molecule has 0 radical (unpaired) electrons. The number of hydrogen-bond acceptors (Lipinski definition) is 3. The molecule has 0 bridgehead atoms. The van der Waals surface area contributed by atoms with E-state index in [0.29, 0.717) is 10.9 Å². The smallest absolute Gasteiger partial charge is 0.306 e. The molecule has 0 fully saturated rings. The molecule has 0 unspecified atom stereocenters. The van der Waals surface area contributed by atoms with Crippen LogP contribution in [-0.4, -0.2) is 22.8 Å². The van der Waals surface area contributed by atoms with E-state index in [4.69, 9.17) is 0 Å². The van der Waals surface area contributed by atoms with Crippen molar-refractivity contribution in [2.24, 2.45) is 0 Å². The lowest BCUT2D eigenvalue weighted by atomic mass is 10.2. The number of aromatic nitrogens is 1. The molecule has 1 aliphatic heterocycles. The van der Waals surface area contributed by atoms with Crippen molar-refractivity contribution in [3.05, 3.63) is 48.3 Å². The summed E-state index contributed by atoms with van der Waals surface area (Å²) in [5.74, 6) is 0. The van der Waals surface area contributed by atoms with Crippen LogP contribution in [0.2, 0.25) is 0 Å². The van der Waals surface area contributed by atoms with Gasteiger partial charge in [0.2, 0.25) is 0 Å². The molecule has 1 aliphatic rings. The predicted octanol–water partition coefficient (Wildman–Crippen LogP) is 4.18. The van der Waals surface area contributed by atoms with Crippen LogP contribution < -0.4 is 10.2 Å². The predicted molar refractivity (Wildman–Crippen MR) is 91.7 cm³/mol. The van der Waals surface area contributed by atoms with E-state index in [9.17, 15) is 4.79 Å². The van der Waals surface area contributed by atoms with Gasteiger partial charge in [-0.1, -0.05) is 13.8 Å². The number of rotatable bonds is 3. The molecular formula is C17H19N3OS. The van der Waals surface area contributed by atoms with E-state index in [1.165, 1.54) is 10.5 Å². The highest BCUT2D eigenvalue weighted by atomic mass is 32.2. The SMILES string of the molecule is CC(C)Sc1ccc2c(c1)CCN2C(=O)Nc1cccnc1. The van der Waals surface area contributed by atoms with Gasteiger partial charge in [0.05, 0.1) is 11.9 Å². The summed E-state index contributed by atoms with van der Waals surface area (Å²) in [6.45, 7) is 5.09. The van der Waals surface area contributed by atoms with Gasteiger partial charge in [0.25, 0.3) is 0 Å². The van der Waals surface area contributed by atoms with Crippen molar-refractivity contribution in [3.63, 3.8) is 0 Å². The van der Waals surface area contributed by atoms with Crippen molar-refractivity contribution >= 4 is 29.2 Å². The highest BCUT2D eigenvalue weighted by Gasteiger charge is 2.25. The fraction of sp³-hybridized carbons (Fsp3) is 0.294. The Bertz CT molecular complexity index is 673. The lowest BCUT2D eigenvalue weighted by molar-refractivity contribution is 0.257. The van der Waals surface area contributed by atoms with Crippen molar-refractivity contribution in [1.82, 2.24) is 4.98 Å². The molecule has 0 saturated heterocycles. The molecule has 114 valence electrons. The molecule has 2 amide bonds. The van der Waals surface area contributed by atoms with Crippen LogP contribution in [0.1, 0.15) is 19.4 Å². The van der Waals surface area contributed by atoms with Crippen LogP contribution in [-0.2, 0) is 6.42 Å². The minimum absolute atomic E-state index is 0.101. The third-order valence-electron chi connectivity index (χ3n) is 3.48. The second kappa shape index (κ2) is 6.40. The number of hydrogen-bond donors (Lipinski definition) is 1. The normalized spacial score (nSPS) is 13.3. The molecule has 0 atom stereocenters. The van der Waals surface area contributed by atoms with Crippen LogP contribution in [0, 0.1) is 0 Å². The number of urea groups is 1. The fourth-order valence-electron chi connectivity index (χ4n) is 2.56. The highest BCUT2D eigenvalue weighted by molar-refractivity contribution is 7.99. The van der Waals surface area contributed by atoms with Crippen molar-refractivity contribution in [2.45, 2.75) is 30.4 Å². The monoisotopic (exact) mass is 313 g/mol. The maximum absolute atomic E-state index is 12.4. The molecule has 5 heteroatoms. The van der Waals surface area contributed by atoms with Crippen LogP contribution >= 0.6 is 11.8 Å². The minimum atomic E-state index is -0.101. The first kappa shape index (κ1) is 14.9. The van der Waals surface area contributed by atoms with Crippen LogP contribution in [0.4, 0.5) is 16.2 Å². The number of carbonyl (C=O) groups excluding carboxylic acids is 1. The van der Waals surface area contributed by atoms with Crippen LogP contribution in [0.25, 0.3) is 0 Å². The highest BCUT2D eigenvalue weighted by Crippen LogP contribution is 2.33. The first-order valence-electron chi connectivity index (χ1n) is 7.41. The van der Waals surface area contributed by atoms with E-state index in [-0.39, 0.29) is 6.03 Å². The topological polar surface area (TPSA) is 45.2 Å². The summed E-state index contributed by atoms with van der Waals surface area (Å²) in [6, 6.07) is 9.90. The molecule has 0 spiro atoms. The Kier molecular flexibility index (Phi) is 4.34. The number of anilines is 2. The van der Waals surface area contributed by atoms with Gasteiger partial charge in [0.1, 0.15) is 0 Å². The van der Waals surface area contributed by atoms with Crippen LogP contribution in [0.5, 0.6) is 0 Å². The van der Waals surface area contributed by atoms with E-state index < -0.39 is 0 Å². The van der Waals surface area contributed by atoms with Gasteiger partial charge in [-0.25, -0.2) is 4.79 Å². The van der Waals surface area contributed by atoms with Crippen molar-refractivity contribution in [1.29, 1.82) is 0 Å². The number of pyridine rings is 1. The quantitative estimate of drug-likeness (QED) is 0.865. The van der Waals surface area contributed by atoms with Gasteiger partial charge in [-0.2, -0.15) is 0 Å². The van der Waals surface area contributed by atoms with Gasteiger partial charge in [0.15, 0.2) is 0 Å². The summed E-state index contributed by atoms with van der Waals surface area (Å²) < 4.78 is 0. The van der Waals surface area contributed by atoms with Crippen molar-refractivity contribution in [2.75, 3.05) is 16.8 Å².